The van der Waals surface area contributed by atoms with Gasteiger partial charge in [-0.25, -0.2) is 9.78 Å². The molecule has 8 nitrogen and oxygen atoms in total. The first-order valence-corrected chi connectivity index (χ1v) is 10.5. The molecule has 0 spiro atoms. The first-order valence-electron chi connectivity index (χ1n) is 9.64. The number of carbonyl (C=O) groups is 3. The molecule has 4 N–H and O–H groups in total. The molecular weight excluding hydrogens is 390 g/mol. The molecule has 4 rings (SSSR count). The third kappa shape index (κ3) is 3.82. The number of nitrogens with zero attached hydrogens (tertiary/aromatic N) is 2. The molecule has 1 aromatic heterocycles. The summed E-state index contributed by atoms with van der Waals surface area (Å²) >= 11 is 1.43. The van der Waals surface area contributed by atoms with Crippen molar-refractivity contribution in [1.29, 1.82) is 0 Å². The lowest BCUT2D eigenvalue weighted by Gasteiger charge is -2.41. The van der Waals surface area contributed by atoms with Gasteiger partial charge in [0.05, 0.1) is 5.69 Å². The summed E-state index contributed by atoms with van der Waals surface area (Å²) in [4.78, 5) is 41.9. The number of nitrogens with two attached hydrogens (primary N) is 1. The lowest BCUT2D eigenvalue weighted by molar-refractivity contribution is -0.133. The van der Waals surface area contributed by atoms with Gasteiger partial charge in [-0.2, -0.15) is 0 Å². The molecule has 2 aliphatic rings. The molecule has 0 unspecified atom stereocenters. The number of anilines is 1. The van der Waals surface area contributed by atoms with Gasteiger partial charge in [0.15, 0.2) is 5.13 Å². The van der Waals surface area contributed by atoms with Crippen molar-refractivity contribution in [2.75, 3.05) is 18.8 Å². The van der Waals surface area contributed by atoms with E-state index in [0.717, 1.165) is 18.5 Å². The maximum Gasteiger partial charge on any atom is 0.322 e. The van der Waals surface area contributed by atoms with Gasteiger partial charge in [0, 0.05) is 30.3 Å². The zero-order chi connectivity index (χ0) is 20.4. The average molecular weight is 414 g/mol. The van der Waals surface area contributed by atoms with Gasteiger partial charge in [0.2, 0.25) is 5.91 Å². The number of likely N-dealkylation sites (tertiary alicyclic amines) is 1. The normalized spacial score (nSPS) is 21.0. The molecular formula is C20H23N5O3S. The number of nitrogens with one attached hydrogen (secondary N) is 2. The average Bonchev–Trinajstić information content (AvgIpc) is 3.31. The van der Waals surface area contributed by atoms with Gasteiger partial charge in [0.25, 0.3) is 5.91 Å². The quantitative estimate of drug-likeness (QED) is 0.644. The molecule has 2 aliphatic heterocycles. The van der Waals surface area contributed by atoms with Crippen molar-refractivity contribution in [3.8, 4) is 0 Å². The predicted octanol–water partition coefficient (Wildman–Crippen LogP) is 1.62. The van der Waals surface area contributed by atoms with Crippen molar-refractivity contribution in [3.63, 3.8) is 0 Å². The maximum atomic E-state index is 12.7. The van der Waals surface area contributed by atoms with Crippen LogP contribution in [0.4, 0.5) is 9.93 Å². The summed E-state index contributed by atoms with van der Waals surface area (Å²) in [6.45, 7) is 1.21. The Morgan fingerprint density at radius 2 is 1.97 bits per heavy atom. The number of imide groups is 1. The number of carbonyl (C=O) groups excluding carboxylic acids is 3. The second-order valence-electron chi connectivity index (χ2n) is 7.45. The second kappa shape index (κ2) is 7.82. The Morgan fingerprint density at radius 1 is 1.24 bits per heavy atom. The highest BCUT2D eigenvalue weighted by molar-refractivity contribution is 7.13. The Labute approximate surface area is 172 Å². The Kier molecular flexibility index (Phi) is 5.23. The van der Waals surface area contributed by atoms with Crippen molar-refractivity contribution in [2.24, 2.45) is 0 Å². The van der Waals surface area contributed by atoms with Crippen LogP contribution < -0.4 is 16.4 Å². The number of hydrogen-bond acceptors (Lipinski definition) is 6. The fraction of sp³-hybridized carbons (Fsp3) is 0.400. The van der Waals surface area contributed by atoms with Gasteiger partial charge < -0.3 is 16.0 Å². The third-order valence-corrected chi connectivity index (χ3v) is 6.49. The number of rotatable bonds is 5. The zero-order valence-corrected chi connectivity index (χ0v) is 16.7. The van der Waals surface area contributed by atoms with Gasteiger partial charge in [-0.3, -0.25) is 14.9 Å². The molecule has 2 saturated heterocycles. The van der Waals surface area contributed by atoms with E-state index < -0.39 is 12.1 Å². The lowest BCUT2D eigenvalue weighted by Crippen LogP contribution is -2.46. The fourth-order valence-electron chi connectivity index (χ4n) is 4.18. The first-order chi connectivity index (χ1) is 14.0. The van der Waals surface area contributed by atoms with Crippen LogP contribution in [0, 0.1) is 0 Å². The predicted molar refractivity (Wildman–Crippen MR) is 109 cm³/mol. The Hall–Kier alpha value is -2.94. The molecule has 152 valence electrons. The Morgan fingerprint density at radius 3 is 2.55 bits per heavy atom. The molecule has 3 heterocycles. The second-order valence-corrected chi connectivity index (χ2v) is 8.34. The lowest BCUT2D eigenvalue weighted by atomic mass is 9.70. The number of benzene rings is 1. The van der Waals surface area contributed by atoms with E-state index in [2.05, 4.69) is 27.8 Å². The molecule has 0 radical (unpaired) electrons. The van der Waals surface area contributed by atoms with Crippen LogP contribution >= 0.6 is 11.3 Å². The van der Waals surface area contributed by atoms with Gasteiger partial charge in [-0.05, 0) is 24.8 Å². The Balaban J connectivity index is 1.44. The van der Waals surface area contributed by atoms with E-state index in [1.165, 1.54) is 16.9 Å². The van der Waals surface area contributed by atoms with Crippen LogP contribution in [-0.4, -0.2) is 46.9 Å². The molecule has 1 atom stereocenters. The van der Waals surface area contributed by atoms with E-state index in [1.54, 1.807) is 0 Å². The van der Waals surface area contributed by atoms with E-state index in [-0.39, 0.29) is 23.7 Å². The molecule has 0 aliphatic carbocycles. The number of hydrogen-bond donors (Lipinski definition) is 3. The van der Waals surface area contributed by atoms with E-state index in [9.17, 15) is 14.4 Å². The molecule has 2 fully saturated rings. The monoisotopic (exact) mass is 413 g/mol. The highest BCUT2D eigenvalue weighted by Gasteiger charge is 2.41. The highest BCUT2D eigenvalue weighted by atomic mass is 32.1. The molecule has 4 amide bonds. The van der Waals surface area contributed by atoms with Crippen LogP contribution in [0.15, 0.2) is 35.7 Å². The van der Waals surface area contributed by atoms with Crippen LogP contribution in [0.3, 0.4) is 0 Å². The summed E-state index contributed by atoms with van der Waals surface area (Å²) in [5, 5.41) is 7.28. The standard InChI is InChI=1S/C20H23N5O3S/c21-18-23-15(12-29-18)20(13-4-2-1-3-5-13)8-10-25(11-9-20)16(26)7-6-14-17(27)24-19(28)22-14/h1-5,12,14H,6-11H2,(H2,21,23)(H2,22,24,27,28)/t14-/m0/s1. The van der Waals surface area contributed by atoms with Crippen molar-refractivity contribution < 1.29 is 14.4 Å². The highest BCUT2D eigenvalue weighted by Crippen LogP contribution is 2.42. The van der Waals surface area contributed by atoms with Gasteiger partial charge in [-0.1, -0.05) is 30.3 Å². The minimum atomic E-state index is -0.627. The molecule has 1 aromatic carbocycles. The van der Waals surface area contributed by atoms with Crippen molar-refractivity contribution in [1.82, 2.24) is 20.5 Å². The number of nitrogen functional groups attached to an aromatic ring is 1. The van der Waals surface area contributed by atoms with E-state index in [0.29, 0.717) is 24.6 Å². The number of thiazole rings is 1. The largest absolute Gasteiger partial charge is 0.375 e. The van der Waals surface area contributed by atoms with E-state index in [1.807, 2.05) is 28.5 Å². The van der Waals surface area contributed by atoms with Crippen LogP contribution in [-0.2, 0) is 15.0 Å². The Bertz CT molecular complexity index is 921. The van der Waals surface area contributed by atoms with Gasteiger partial charge >= 0.3 is 6.03 Å². The molecule has 2 aromatic rings. The summed E-state index contributed by atoms with van der Waals surface area (Å²) in [5.74, 6) is -0.371. The number of urea groups is 1. The molecule has 0 bridgehead atoms. The van der Waals surface area contributed by atoms with Crippen molar-refractivity contribution >= 4 is 34.3 Å². The van der Waals surface area contributed by atoms with Crippen molar-refractivity contribution in [2.45, 2.75) is 37.1 Å². The maximum absolute atomic E-state index is 12.7. The van der Waals surface area contributed by atoms with Crippen LogP contribution in [0.2, 0.25) is 0 Å². The smallest absolute Gasteiger partial charge is 0.322 e. The summed E-state index contributed by atoms with van der Waals surface area (Å²) < 4.78 is 0. The fourth-order valence-corrected chi connectivity index (χ4v) is 4.84. The van der Waals surface area contributed by atoms with E-state index >= 15 is 0 Å². The van der Waals surface area contributed by atoms with E-state index in [4.69, 9.17) is 5.73 Å². The van der Waals surface area contributed by atoms with Crippen LogP contribution in [0.25, 0.3) is 0 Å². The van der Waals surface area contributed by atoms with Gasteiger partial charge in [0.1, 0.15) is 6.04 Å². The summed E-state index contributed by atoms with van der Waals surface area (Å²) in [6.07, 6.45) is 2.04. The zero-order valence-electron chi connectivity index (χ0n) is 15.9. The third-order valence-electron chi connectivity index (χ3n) is 5.81. The summed E-state index contributed by atoms with van der Waals surface area (Å²) in [6, 6.07) is 9.11. The van der Waals surface area contributed by atoms with Crippen molar-refractivity contribution in [3.05, 3.63) is 47.0 Å². The molecule has 0 saturated carbocycles. The summed E-state index contributed by atoms with van der Waals surface area (Å²) in [5.41, 5.74) is 7.78. The minimum absolute atomic E-state index is 0.00148. The SMILES string of the molecule is Nc1nc(C2(c3ccccc3)CCN(C(=O)CC[C@@H]3NC(=O)NC3=O)CC2)cs1. The topological polar surface area (TPSA) is 117 Å². The molecule has 29 heavy (non-hydrogen) atoms. The minimum Gasteiger partial charge on any atom is -0.375 e. The van der Waals surface area contributed by atoms with Crippen LogP contribution in [0.1, 0.15) is 36.9 Å². The first kappa shape index (κ1) is 19.4. The number of piperidine rings is 1. The van der Waals surface area contributed by atoms with Crippen LogP contribution in [0.5, 0.6) is 0 Å². The number of amides is 4. The number of aromatic nitrogens is 1. The summed E-state index contributed by atoms with van der Waals surface area (Å²) in [7, 11) is 0. The molecule has 9 heteroatoms. The van der Waals surface area contributed by atoms with Gasteiger partial charge in [-0.15, -0.1) is 11.3 Å².